The topological polar surface area (TPSA) is 120 Å². The maximum atomic E-state index is 11.9. The molecule has 0 spiro atoms. The number of carbonyl (C=O) groups is 1. The van der Waals surface area contributed by atoms with Gasteiger partial charge in [-0.15, -0.1) is 0 Å². The lowest BCUT2D eigenvalue weighted by molar-refractivity contribution is -0.384. The molecule has 0 aromatic heterocycles. The Bertz CT molecular complexity index is 562. The van der Waals surface area contributed by atoms with Crippen LogP contribution in [0.25, 0.3) is 0 Å². The molecule has 8 heteroatoms. The Labute approximate surface area is 120 Å². The Balaban J connectivity index is 1.55. The minimum absolute atomic E-state index is 0.00242. The summed E-state index contributed by atoms with van der Waals surface area (Å²) >= 11 is 0. The number of hydrogen-bond acceptors (Lipinski definition) is 5. The average molecular weight is 292 g/mol. The molecule has 21 heavy (non-hydrogen) atoms. The Morgan fingerprint density at radius 2 is 2.10 bits per heavy atom. The quantitative estimate of drug-likeness (QED) is 0.563. The van der Waals surface area contributed by atoms with E-state index in [1.54, 1.807) is 0 Å². The third kappa shape index (κ3) is 2.55. The summed E-state index contributed by atoms with van der Waals surface area (Å²) in [6.45, 7) is 0.686. The van der Waals surface area contributed by atoms with E-state index in [-0.39, 0.29) is 23.9 Å². The highest BCUT2D eigenvalue weighted by atomic mass is 16.6. The number of non-ortho nitro benzene ring substituents is 1. The number of nitro benzene ring substituents is 1. The standard InChI is InChI=1S/C13H16N4O4/c14-10-9-5-6-21-12(9)11(10)16-13(18)15-7-1-3-8(4-2-7)17(19)20/h1-4,9-12H,5-6,14H2,(H2,15,16,18). The summed E-state index contributed by atoms with van der Waals surface area (Å²) in [5.74, 6) is 0.328. The fourth-order valence-electron chi connectivity index (χ4n) is 2.91. The van der Waals surface area contributed by atoms with E-state index in [9.17, 15) is 14.9 Å². The molecule has 3 rings (SSSR count). The van der Waals surface area contributed by atoms with Crippen molar-refractivity contribution in [3.8, 4) is 0 Å². The second-order valence-corrected chi connectivity index (χ2v) is 5.29. The van der Waals surface area contributed by atoms with Gasteiger partial charge in [0.2, 0.25) is 0 Å². The Morgan fingerprint density at radius 1 is 1.38 bits per heavy atom. The minimum Gasteiger partial charge on any atom is -0.376 e. The number of urea groups is 1. The number of nitrogens with zero attached hydrogens (tertiary/aromatic N) is 1. The van der Waals surface area contributed by atoms with Crippen molar-refractivity contribution >= 4 is 17.4 Å². The highest BCUT2D eigenvalue weighted by molar-refractivity contribution is 5.89. The predicted molar refractivity (Wildman–Crippen MR) is 74.9 cm³/mol. The number of nitro groups is 1. The lowest BCUT2D eigenvalue weighted by Gasteiger charge is -2.45. The Kier molecular flexibility index (Phi) is 3.48. The van der Waals surface area contributed by atoms with Crippen LogP contribution in [-0.2, 0) is 4.74 Å². The molecule has 1 aliphatic carbocycles. The summed E-state index contributed by atoms with van der Waals surface area (Å²) in [4.78, 5) is 22.0. The number of hydrogen-bond donors (Lipinski definition) is 3. The zero-order valence-electron chi connectivity index (χ0n) is 11.2. The highest BCUT2D eigenvalue weighted by Crippen LogP contribution is 2.37. The molecule has 1 saturated heterocycles. The van der Waals surface area contributed by atoms with Crippen LogP contribution in [-0.4, -0.2) is 35.7 Å². The van der Waals surface area contributed by atoms with Crippen LogP contribution in [0.5, 0.6) is 0 Å². The largest absolute Gasteiger partial charge is 0.376 e. The normalized spacial score (nSPS) is 30.1. The zero-order valence-corrected chi connectivity index (χ0v) is 11.2. The van der Waals surface area contributed by atoms with E-state index in [1.807, 2.05) is 0 Å². The van der Waals surface area contributed by atoms with E-state index >= 15 is 0 Å². The van der Waals surface area contributed by atoms with Gasteiger partial charge in [0, 0.05) is 36.4 Å². The van der Waals surface area contributed by atoms with Gasteiger partial charge in [-0.3, -0.25) is 10.1 Å². The molecular weight excluding hydrogens is 276 g/mol. The van der Waals surface area contributed by atoms with Crippen LogP contribution in [0.3, 0.4) is 0 Å². The molecule has 2 aliphatic rings. The number of amides is 2. The van der Waals surface area contributed by atoms with Crippen molar-refractivity contribution < 1.29 is 14.5 Å². The number of nitrogens with one attached hydrogen (secondary N) is 2. The lowest BCUT2D eigenvalue weighted by atomic mass is 9.72. The van der Waals surface area contributed by atoms with E-state index in [1.165, 1.54) is 24.3 Å². The van der Waals surface area contributed by atoms with E-state index in [0.29, 0.717) is 18.2 Å². The van der Waals surface area contributed by atoms with Crippen molar-refractivity contribution in [2.75, 3.05) is 11.9 Å². The first-order valence-corrected chi connectivity index (χ1v) is 6.75. The van der Waals surface area contributed by atoms with Crippen molar-refractivity contribution in [3.05, 3.63) is 34.4 Å². The van der Waals surface area contributed by atoms with Gasteiger partial charge in [0.05, 0.1) is 17.1 Å². The van der Waals surface area contributed by atoms with Gasteiger partial charge in [-0.05, 0) is 18.6 Å². The number of anilines is 1. The monoisotopic (exact) mass is 292 g/mol. The average Bonchev–Trinajstić information content (AvgIpc) is 2.90. The van der Waals surface area contributed by atoms with Crippen molar-refractivity contribution in [1.82, 2.24) is 5.32 Å². The summed E-state index contributed by atoms with van der Waals surface area (Å²) in [5, 5.41) is 16.0. The van der Waals surface area contributed by atoms with Crippen LogP contribution in [0.4, 0.5) is 16.2 Å². The van der Waals surface area contributed by atoms with Crippen LogP contribution in [0.1, 0.15) is 6.42 Å². The molecule has 1 heterocycles. The van der Waals surface area contributed by atoms with Gasteiger partial charge in [0.15, 0.2) is 0 Å². The molecule has 1 aliphatic heterocycles. The number of fused-ring (bicyclic) bond motifs is 1. The third-order valence-corrected chi connectivity index (χ3v) is 4.08. The summed E-state index contributed by atoms with van der Waals surface area (Å²) in [5.41, 5.74) is 6.46. The van der Waals surface area contributed by atoms with Gasteiger partial charge in [-0.1, -0.05) is 0 Å². The molecule has 1 aromatic rings. The molecule has 1 aromatic carbocycles. The predicted octanol–water partition coefficient (Wildman–Crippen LogP) is 0.831. The van der Waals surface area contributed by atoms with Gasteiger partial charge < -0.3 is 21.1 Å². The van der Waals surface area contributed by atoms with Crippen molar-refractivity contribution in [1.29, 1.82) is 0 Å². The highest BCUT2D eigenvalue weighted by Gasteiger charge is 2.52. The van der Waals surface area contributed by atoms with Gasteiger partial charge in [-0.25, -0.2) is 4.79 Å². The molecule has 2 fully saturated rings. The smallest absolute Gasteiger partial charge is 0.319 e. The number of carbonyl (C=O) groups excluding carboxylic acids is 1. The first-order valence-electron chi connectivity index (χ1n) is 6.75. The van der Waals surface area contributed by atoms with Crippen LogP contribution in [0, 0.1) is 16.0 Å². The third-order valence-electron chi connectivity index (χ3n) is 4.08. The molecule has 4 N–H and O–H groups in total. The van der Waals surface area contributed by atoms with E-state index in [2.05, 4.69) is 10.6 Å². The number of benzene rings is 1. The zero-order chi connectivity index (χ0) is 15.0. The maximum Gasteiger partial charge on any atom is 0.319 e. The number of rotatable bonds is 3. The second kappa shape index (κ2) is 5.30. The van der Waals surface area contributed by atoms with E-state index < -0.39 is 11.0 Å². The van der Waals surface area contributed by atoms with Crippen molar-refractivity contribution in [3.63, 3.8) is 0 Å². The number of nitrogens with two attached hydrogens (primary N) is 1. The second-order valence-electron chi connectivity index (χ2n) is 5.29. The molecular formula is C13H16N4O4. The first kappa shape index (κ1) is 13.8. The van der Waals surface area contributed by atoms with Gasteiger partial charge >= 0.3 is 6.03 Å². The Hall–Kier alpha value is -2.19. The molecule has 0 bridgehead atoms. The fourth-order valence-corrected chi connectivity index (χ4v) is 2.91. The van der Waals surface area contributed by atoms with Gasteiger partial charge in [0.1, 0.15) is 0 Å². The molecule has 112 valence electrons. The Morgan fingerprint density at radius 3 is 2.76 bits per heavy atom. The fraction of sp³-hybridized carbons (Fsp3) is 0.462. The molecule has 8 nitrogen and oxygen atoms in total. The van der Waals surface area contributed by atoms with Crippen LogP contribution in [0.15, 0.2) is 24.3 Å². The summed E-state index contributed by atoms with van der Waals surface area (Å²) < 4.78 is 5.53. The first-order chi connectivity index (χ1) is 10.1. The van der Waals surface area contributed by atoms with Crippen LogP contribution >= 0.6 is 0 Å². The SMILES string of the molecule is NC1C2CCOC2C1NC(=O)Nc1ccc([N+](=O)[O-])cc1. The molecule has 4 atom stereocenters. The summed E-state index contributed by atoms with van der Waals surface area (Å²) in [7, 11) is 0. The molecule has 2 amide bonds. The van der Waals surface area contributed by atoms with Crippen molar-refractivity contribution in [2.24, 2.45) is 11.7 Å². The summed E-state index contributed by atoms with van der Waals surface area (Å²) in [6, 6.07) is 4.97. The minimum atomic E-state index is -0.491. The summed E-state index contributed by atoms with van der Waals surface area (Å²) in [6.07, 6.45) is 0.941. The van der Waals surface area contributed by atoms with Gasteiger partial charge in [0.25, 0.3) is 5.69 Å². The van der Waals surface area contributed by atoms with Crippen LogP contribution in [0.2, 0.25) is 0 Å². The maximum absolute atomic E-state index is 11.9. The number of ether oxygens (including phenoxy) is 1. The lowest BCUT2D eigenvalue weighted by Crippen LogP contribution is -2.69. The van der Waals surface area contributed by atoms with E-state index in [4.69, 9.17) is 10.5 Å². The molecule has 0 radical (unpaired) electrons. The molecule has 1 saturated carbocycles. The molecule has 4 unspecified atom stereocenters. The van der Waals surface area contributed by atoms with Gasteiger partial charge in [-0.2, -0.15) is 0 Å². The van der Waals surface area contributed by atoms with Crippen LogP contribution < -0.4 is 16.4 Å². The van der Waals surface area contributed by atoms with E-state index in [0.717, 1.165) is 6.42 Å². The van der Waals surface area contributed by atoms with Crippen molar-refractivity contribution in [2.45, 2.75) is 24.6 Å².